The molecule has 1 heterocycles. The summed E-state index contributed by atoms with van der Waals surface area (Å²) in [6.07, 6.45) is 0. The maximum Gasteiger partial charge on any atom is 0.259 e. The quantitative estimate of drug-likeness (QED) is 0.834. The number of aromatic nitrogens is 1. The molecule has 18 heavy (non-hydrogen) atoms. The molecule has 0 fully saturated rings. The van der Waals surface area contributed by atoms with Crippen LogP contribution in [0.15, 0.2) is 24.3 Å². The van der Waals surface area contributed by atoms with Gasteiger partial charge in [0.1, 0.15) is 5.82 Å². The highest BCUT2D eigenvalue weighted by Crippen LogP contribution is 2.25. The van der Waals surface area contributed by atoms with Crippen LogP contribution in [0.25, 0.3) is 0 Å². The van der Waals surface area contributed by atoms with Gasteiger partial charge in [0.25, 0.3) is 5.91 Å². The molecule has 0 atom stereocenters. The van der Waals surface area contributed by atoms with Crippen LogP contribution in [0.5, 0.6) is 0 Å². The Labute approximate surface area is 109 Å². The second kappa shape index (κ2) is 4.86. The summed E-state index contributed by atoms with van der Waals surface area (Å²) in [5.41, 5.74) is 1.23. The summed E-state index contributed by atoms with van der Waals surface area (Å²) < 4.78 is 13.1. The van der Waals surface area contributed by atoms with Gasteiger partial charge in [0.15, 0.2) is 5.13 Å². The van der Waals surface area contributed by atoms with Crippen molar-refractivity contribution in [2.24, 2.45) is 0 Å². The van der Waals surface area contributed by atoms with E-state index in [9.17, 15) is 9.18 Å². The smallest absolute Gasteiger partial charge is 0.259 e. The molecule has 5 heteroatoms. The van der Waals surface area contributed by atoms with Crippen molar-refractivity contribution < 1.29 is 9.18 Å². The lowest BCUT2D eigenvalue weighted by atomic mass is 10.2. The predicted molar refractivity (Wildman–Crippen MR) is 70.7 cm³/mol. The lowest BCUT2D eigenvalue weighted by molar-refractivity contribution is 0.0992. The zero-order chi connectivity index (χ0) is 13.3. The predicted octanol–water partition coefficient (Wildman–Crippen LogP) is 3.18. The maximum atomic E-state index is 13.1. The average molecular weight is 264 g/mol. The third-order valence-corrected chi connectivity index (χ3v) is 3.83. The molecule has 0 saturated carbocycles. The molecule has 1 aromatic carbocycles. The van der Waals surface area contributed by atoms with Gasteiger partial charge in [-0.3, -0.25) is 9.69 Å². The van der Waals surface area contributed by atoms with Crippen molar-refractivity contribution in [1.29, 1.82) is 0 Å². The molecule has 0 saturated heterocycles. The van der Waals surface area contributed by atoms with Crippen LogP contribution in [0.2, 0.25) is 0 Å². The fraction of sp³-hybridized carbons (Fsp3) is 0.231. The van der Waals surface area contributed by atoms with Crippen molar-refractivity contribution in [2.75, 3.05) is 11.9 Å². The van der Waals surface area contributed by atoms with Gasteiger partial charge in [-0.05, 0) is 32.0 Å². The number of amides is 1. The van der Waals surface area contributed by atoms with E-state index >= 15 is 0 Å². The molecule has 0 bridgehead atoms. The van der Waals surface area contributed by atoms with Crippen molar-refractivity contribution >= 4 is 22.4 Å². The number of hydrogen-bond donors (Lipinski definition) is 0. The summed E-state index contributed by atoms with van der Waals surface area (Å²) >= 11 is 1.45. The molecule has 0 N–H and O–H groups in total. The Morgan fingerprint density at radius 2 is 2.11 bits per heavy atom. The molecule has 1 aromatic heterocycles. The zero-order valence-corrected chi connectivity index (χ0v) is 11.2. The van der Waals surface area contributed by atoms with Gasteiger partial charge >= 0.3 is 0 Å². The molecule has 2 rings (SSSR count). The fourth-order valence-electron chi connectivity index (χ4n) is 1.50. The van der Waals surface area contributed by atoms with E-state index in [0.717, 1.165) is 10.6 Å². The van der Waals surface area contributed by atoms with Crippen LogP contribution in [0, 0.1) is 19.7 Å². The number of rotatable bonds is 2. The van der Waals surface area contributed by atoms with Crippen molar-refractivity contribution in [1.82, 2.24) is 4.98 Å². The summed E-state index contributed by atoms with van der Waals surface area (Å²) in [6, 6.07) is 5.66. The number of aryl methyl sites for hydroxylation is 2. The van der Waals surface area contributed by atoms with Gasteiger partial charge in [0.05, 0.1) is 5.69 Å². The molecular weight excluding hydrogens is 251 g/mol. The van der Waals surface area contributed by atoms with E-state index in [0.29, 0.717) is 10.7 Å². The normalized spacial score (nSPS) is 10.4. The Hall–Kier alpha value is -1.75. The molecule has 0 radical (unpaired) electrons. The SMILES string of the molecule is Cc1nc(N(C)C(=O)c2cccc(F)c2)sc1C. The Kier molecular flexibility index (Phi) is 3.43. The first kappa shape index (κ1) is 12.7. The van der Waals surface area contributed by atoms with Gasteiger partial charge in [-0.15, -0.1) is 11.3 Å². The van der Waals surface area contributed by atoms with Gasteiger partial charge in [-0.2, -0.15) is 0 Å². The van der Waals surface area contributed by atoms with Crippen molar-refractivity contribution in [2.45, 2.75) is 13.8 Å². The standard InChI is InChI=1S/C13H13FN2OS/c1-8-9(2)18-13(15-8)16(3)12(17)10-5-4-6-11(14)7-10/h4-7H,1-3H3. The van der Waals surface area contributed by atoms with E-state index in [1.54, 1.807) is 13.1 Å². The summed E-state index contributed by atoms with van der Waals surface area (Å²) in [4.78, 5) is 19.0. The highest BCUT2D eigenvalue weighted by molar-refractivity contribution is 7.15. The first-order valence-electron chi connectivity index (χ1n) is 5.46. The lowest BCUT2D eigenvalue weighted by Crippen LogP contribution is -2.26. The first-order valence-corrected chi connectivity index (χ1v) is 6.28. The Bertz CT molecular complexity index is 575. The molecule has 0 aliphatic rings. The third kappa shape index (κ3) is 2.41. The second-order valence-corrected chi connectivity index (χ2v) is 5.19. The molecule has 2 aromatic rings. The average Bonchev–Trinajstić information content (AvgIpc) is 2.68. The highest BCUT2D eigenvalue weighted by Gasteiger charge is 2.17. The molecule has 3 nitrogen and oxygen atoms in total. The Morgan fingerprint density at radius 1 is 1.39 bits per heavy atom. The molecule has 94 valence electrons. The summed E-state index contributed by atoms with van der Waals surface area (Å²) in [5.74, 6) is -0.677. The first-order chi connectivity index (χ1) is 8.49. The van der Waals surface area contributed by atoms with Crippen molar-refractivity contribution in [3.05, 3.63) is 46.2 Å². The maximum absolute atomic E-state index is 13.1. The minimum Gasteiger partial charge on any atom is -0.287 e. The minimum absolute atomic E-state index is 0.261. The van der Waals surface area contributed by atoms with Gasteiger partial charge in [-0.1, -0.05) is 6.07 Å². The lowest BCUT2D eigenvalue weighted by Gasteiger charge is -2.13. The van der Waals surface area contributed by atoms with E-state index in [1.165, 1.54) is 34.4 Å². The van der Waals surface area contributed by atoms with Gasteiger partial charge in [0, 0.05) is 17.5 Å². The number of nitrogens with zero attached hydrogens (tertiary/aromatic N) is 2. The van der Waals surface area contributed by atoms with Gasteiger partial charge in [0.2, 0.25) is 0 Å². The van der Waals surface area contributed by atoms with Crippen LogP contribution in [0.4, 0.5) is 9.52 Å². The third-order valence-electron chi connectivity index (χ3n) is 2.68. The largest absolute Gasteiger partial charge is 0.287 e. The van der Waals surface area contributed by atoms with Crippen molar-refractivity contribution in [3.63, 3.8) is 0 Å². The van der Waals surface area contributed by atoms with Crippen LogP contribution in [-0.4, -0.2) is 17.9 Å². The van der Waals surface area contributed by atoms with E-state index < -0.39 is 5.82 Å². The molecule has 0 aliphatic heterocycles. The van der Waals surface area contributed by atoms with Gasteiger partial charge in [-0.25, -0.2) is 9.37 Å². The Morgan fingerprint density at radius 3 is 2.67 bits per heavy atom. The molecule has 1 amide bonds. The van der Waals surface area contributed by atoms with Crippen LogP contribution in [0.1, 0.15) is 20.9 Å². The summed E-state index contributed by atoms with van der Waals surface area (Å²) in [5, 5.41) is 0.624. The number of carbonyl (C=O) groups is 1. The van der Waals surface area contributed by atoms with E-state index in [4.69, 9.17) is 0 Å². The van der Waals surface area contributed by atoms with E-state index in [1.807, 2.05) is 13.8 Å². The number of thiazole rings is 1. The van der Waals surface area contributed by atoms with Crippen LogP contribution < -0.4 is 4.90 Å². The number of halogens is 1. The number of carbonyl (C=O) groups excluding carboxylic acids is 1. The highest BCUT2D eigenvalue weighted by atomic mass is 32.1. The van der Waals surface area contributed by atoms with Crippen molar-refractivity contribution in [3.8, 4) is 0 Å². The monoisotopic (exact) mass is 264 g/mol. The molecule has 0 spiro atoms. The van der Waals surface area contributed by atoms with E-state index in [2.05, 4.69) is 4.98 Å². The number of hydrogen-bond acceptors (Lipinski definition) is 3. The molecular formula is C13H13FN2OS. The zero-order valence-electron chi connectivity index (χ0n) is 10.4. The van der Waals surface area contributed by atoms with Crippen LogP contribution in [0.3, 0.4) is 0 Å². The van der Waals surface area contributed by atoms with Crippen LogP contribution in [-0.2, 0) is 0 Å². The number of benzene rings is 1. The summed E-state index contributed by atoms with van der Waals surface area (Å²) in [7, 11) is 1.64. The summed E-state index contributed by atoms with van der Waals surface area (Å²) in [6.45, 7) is 3.85. The topological polar surface area (TPSA) is 33.2 Å². The second-order valence-electron chi connectivity index (χ2n) is 4.01. The molecule has 0 aliphatic carbocycles. The number of anilines is 1. The minimum atomic E-state index is -0.416. The molecule has 0 unspecified atom stereocenters. The Balaban J connectivity index is 2.29. The van der Waals surface area contributed by atoms with Gasteiger partial charge < -0.3 is 0 Å². The van der Waals surface area contributed by atoms with Crippen LogP contribution >= 0.6 is 11.3 Å². The van der Waals surface area contributed by atoms with E-state index in [-0.39, 0.29) is 5.91 Å². The fourth-order valence-corrected chi connectivity index (χ4v) is 2.37.